The van der Waals surface area contributed by atoms with Crippen molar-refractivity contribution in [3.8, 4) is 0 Å². The molecule has 0 saturated carbocycles. The minimum absolute atomic E-state index is 0.128. The fraction of sp³-hybridized carbons (Fsp3) is 0.409. The number of amides is 2. The molecule has 15 heteroatoms. The summed E-state index contributed by atoms with van der Waals surface area (Å²) in [5, 5.41) is 0. The lowest BCUT2D eigenvalue weighted by atomic mass is 10.2. The Balaban J connectivity index is 1.45. The summed E-state index contributed by atoms with van der Waals surface area (Å²) in [5.41, 5.74) is 3.52. The molecule has 2 fully saturated rings. The summed E-state index contributed by atoms with van der Waals surface area (Å²) in [6, 6.07) is 11.5. The number of hydrogen-bond donors (Lipinski definition) is 2. The Morgan fingerprint density at radius 3 is 2.24 bits per heavy atom. The third-order valence-electron chi connectivity index (χ3n) is 6.00. The minimum atomic E-state index is -5.15. The van der Waals surface area contributed by atoms with Gasteiger partial charge in [-0.3, -0.25) is 34.6 Å². The smallest absolute Gasteiger partial charge is 0.378 e. The van der Waals surface area contributed by atoms with Crippen LogP contribution in [0.5, 0.6) is 0 Å². The van der Waals surface area contributed by atoms with E-state index < -0.39 is 28.2 Å². The van der Waals surface area contributed by atoms with Gasteiger partial charge in [0.2, 0.25) is 0 Å². The van der Waals surface area contributed by atoms with E-state index in [0.29, 0.717) is 56.8 Å². The first-order valence-corrected chi connectivity index (χ1v) is 12.7. The molecule has 2 aromatic rings. The van der Waals surface area contributed by atoms with Gasteiger partial charge in [-0.15, -0.1) is 0 Å². The number of nitrogens with zero attached hydrogens (tertiary/aromatic N) is 4. The fourth-order valence-corrected chi connectivity index (χ4v) is 5.42. The second-order valence-electron chi connectivity index (χ2n) is 8.42. The quantitative estimate of drug-likeness (QED) is 0.493. The number of pyridine rings is 1. The van der Waals surface area contributed by atoms with E-state index in [4.69, 9.17) is 4.74 Å². The number of rotatable bonds is 7. The molecule has 0 bridgehead atoms. The zero-order valence-corrected chi connectivity index (χ0v) is 20.3. The number of benzene rings is 1. The van der Waals surface area contributed by atoms with Crippen molar-refractivity contribution in [1.82, 2.24) is 25.0 Å². The van der Waals surface area contributed by atoms with E-state index in [9.17, 15) is 31.2 Å². The fourth-order valence-electron chi connectivity index (χ4n) is 3.83. The van der Waals surface area contributed by atoms with Crippen LogP contribution in [0, 0.1) is 0 Å². The summed E-state index contributed by atoms with van der Waals surface area (Å²) in [6.45, 7) is 2.96. The van der Waals surface area contributed by atoms with E-state index in [1.54, 1.807) is 35.8 Å². The number of carbonyl (C=O) groups is 2. The van der Waals surface area contributed by atoms with Crippen molar-refractivity contribution >= 4 is 27.7 Å². The van der Waals surface area contributed by atoms with Gasteiger partial charge < -0.3 is 4.74 Å². The molecule has 2 aliphatic rings. The molecule has 200 valence electrons. The van der Waals surface area contributed by atoms with Crippen LogP contribution in [0.1, 0.15) is 16.1 Å². The molecule has 2 amide bonds. The summed E-state index contributed by atoms with van der Waals surface area (Å²) in [7, 11) is -3.94. The maximum absolute atomic E-state index is 13.6. The molecule has 0 spiro atoms. The monoisotopic (exact) mass is 542 g/mol. The molecule has 0 atom stereocenters. The molecule has 3 heterocycles. The molecule has 37 heavy (non-hydrogen) atoms. The molecular weight excluding hydrogens is 517 g/mol. The third kappa shape index (κ3) is 6.36. The van der Waals surface area contributed by atoms with Crippen molar-refractivity contribution in [2.45, 2.75) is 18.8 Å². The van der Waals surface area contributed by atoms with Gasteiger partial charge in [-0.25, -0.2) is 0 Å². The van der Waals surface area contributed by atoms with Gasteiger partial charge in [0.15, 0.2) is 0 Å². The number of para-hydroxylation sites is 1. The van der Waals surface area contributed by atoms with E-state index in [0.717, 1.165) is 6.20 Å². The molecule has 0 radical (unpaired) electrons. The molecular formula is C22H25F3N6O5S. The van der Waals surface area contributed by atoms with Gasteiger partial charge in [0.25, 0.3) is 5.91 Å². The number of hydrogen-bond acceptors (Lipinski definition) is 7. The van der Waals surface area contributed by atoms with Crippen molar-refractivity contribution in [2.75, 3.05) is 43.7 Å². The highest BCUT2D eigenvalue weighted by Crippen LogP contribution is 2.24. The minimum Gasteiger partial charge on any atom is -0.378 e. The Morgan fingerprint density at radius 1 is 1.03 bits per heavy atom. The Morgan fingerprint density at radius 2 is 1.70 bits per heavy atom. The zero-order valence-electron chi connectivity index (χ0n) is 19.5. The highest BCUT2D eigenvalue weighted by atomic mass is 32.2. The van der Waals surface area contributed by atoms with Gasteiger partial charge in [-0.05, 0) is 24.3 Å². The van der Waals surface area contributed by atoms with E-state index in [2.05, 4.69) is 9.88 Å². The van der Waals surface area contributed by atoms with Crippen molar-refractivity contribution in [3.63, 3.8) is 0 Å². The molecule has 2 aliphatic heterocycles. The molecule has 1 aromatic carbocycles. The van der Waals surface area contributed by atoms with Crippen LogP contribution in [0.4, 0.5) is 18.9 Å². The lowest BCUT2D eigenvalue weighted by Gasteiger charge is -2.43. The second-order valence-corrected chi connectivity index (χ2v) is 10.3. The molecule has 0 unspecified atom stereocenters. The number of halogens is 3. The van der Waals surface area contributed by atoms with Crippen LogP contribution in [0.2, 0.25) is 0 Å². The average molecular weight is 543 g/mol. The Bertz CT molecular complexity index is 1200. The predicted octanol–water partition coefficient (Wildman–Crippen LogP) is 0.673. The Labute approximate surface area is 211 Å². The molecule has 11 nitrogen and oxygen atoms in total. The molecule has 4 rings (SSSR count). The number of hydrazine groups is 1. The molecule has 0 aliphatic carbocycles. The largest absolute Gasteiger partial charge is 0.472 e. The van der Waals surface area contributed by atoms with E-state index in [1.165, 1.54) is 26.2 Å². The molecule has 2 saturated heterocycles. The zero-order chi connectivity index (χ0) is 26.6. The number of carbonyl (C=O) groups excluding carboxylic acids is 2. The van der Waals surface area contributed by atoms with E-state index in [1.807, 2.05) is 0 Å². The second kappa shape index (κ2) is 11.0. The highest BCUT2D eigenvalue weighted by molar-refractivity contribution is 7.90. The standard InChI is InChI=1S/C22H25F3N6O5S/c23-22(24,25)21(33)28-27-20(32)16-6-7-17(26-12-16)13-31(18-4-2-1-3-5-18)37(34,35)30-10-8-29(9-11-30)19-14-36-15-19/h1-7,12,19H,8-11,13-15H2,(H,27,32)(H,28,33). The first-order chi connectivity index (χ1) is 17.6. The van der Waals surface area contributed by atoms with Crippen LogP contribution in [-0.2, 0) is 26.3 Å². The first-order valence-electron chi connectivity index (χ1n) is 11.3. The normalized spacial score (nSPS) is 17.6. The van der Waals surface area contributed by atoms with Crippen molar-refractivity contribution in [2.24, 2.45) is 0 Å². The van der Waals surface area contributed by atoms with Gasteiger partial charge in [-0.1, -0.05) is 18.2 Å². The lowest BCUT2D eigenvalue weighted by Crippen LogP contribution is -2.59. The molecule has 2 N–H and O–H groups in total. The summed E-state index contributed by atoms with van der Waals surface area (Å²) < 4.78 is 72.0. The van der Waals surface area contributed by atoms with Crippen LogP contribution in [-0.4, -0.2) is 86.0 Å². The van der Waals surface area contributed by atoms with Gasteiger partial charge in [0.05, 0.1) is 42.7 Å². The Hall–Kier alpha value is -3.27. The van der Waals surface area contributed by atoms with Crippen LogP contribution in [0.3, 0.4) is 0 Å². The first kappa shape index (κ1) is 26.8. The number of nitrogens with one attached hydrogen (secondary N) is 2. The highest BCUT2D eigenvalue weighted by Gasteiger charge is 2.39. The number of aromatic nitrogens is 1. The Kier molecular flexibility index (Phi) is 7.96. The molecule has 1 aromatic heterocycles. The summed E-state index contributed by atoms with van der Waals surface area (Å²) in [5.74, 6) is -3.34. The summed E-state index contributed by atoms with van der Waals surface area (Å²) >= 11 is 0. The van der Waals surface area contributed by atoms with Crippen molar-refractivity contribution in [1.29, 1.82) is 0 Å². The van der Waals surface area contributed by atoms with Crippen molar-refractivity contribution in [3.05, 3.63) is 59.9 Å². The number of ether oxygens (including phenoxy) is 1. The predicted molar refractivity (Wildman–Crippen MR) is 125 cm³/mol. The summed E-state index contributed by atoms with van der Waals surface area (Å²) in [6.07, 6.45) is -4.07. The van der Waals surface area contributed by atoms with Gasteiger partial charge in [0.1, 0.15) is 0 Å². The topological polar surface area (TPSA) is 124 Å². The maximum atomic E-state index is 13.6. The van der Waals surface area contributed by atoms with Crippen molar-refractivity contribution < 1.29 is 35.9 Å². The van der Waals surface area contributed by atoms with Gasteiger partial charge in [-0.2, -0.15) is 25.9 Å². The van der Waals surface area contributed by atoms with E-state index >= 15 is 0 Å². The lowest BCUT2D eigenvalue weighted by molar-refractivity contribution is -0.174. The SMILES string of the molecule is O=C(NNC(=O)C(F)(F)F)c1ccc(CN(c2ccccc2)S(=O)(=O)N2CCN(C3COC3)CC2)nc1. The van der Waals surface area contributed by atoms with Crippen LogP contribution >= 0.6 is 0 Å². The average Bonchev–Trinajstić information content (AvgIpc) is 2.85. The van der Waals surface area contributed by atoms with Gasteiger partial charge in [0, 0.05) is 32.4 Å². The van der Waals surface area contributed by atoms with E-state index in [-0.39, 0.29) is 12.1 Å². The van der Waals surface area contributed by atoms with Crippen LogP contribution in [0.15, 0.2) is 48.7 Å². The third-order valence-corrected chi connectivity index (χ3v) is 7.91. The summed E-state index contributed by atoms with van der Waals surface area (Å²) in [4.78, 5) is 29.2. The van der Waals surface area contributed by atoms with Crippen LogP contribution in [0.25, 0.3) is 0 Å². The number of anilines is 1. The van der Waals surface area contributed by atoms with Gasteiger partial charge >= 0.3 is 22.3 Å². The number of piperazine rings is 1. The number of alkyl halides is 3. The maximum Gasteiger partial charge on any atom is 0.472 e. The van der Waals surface area contributed by atoms with Crippen LogP contribution < -0.4 is 15.2 Å².